The molecule has 1 aliphatic carbocycles. The molecular formula is C15H22N2O2. The summed E-state index contributed by atoms with van der Waals surface area (Å²) in [6, 6.07) is 5.21. The first-order chi connectivity index (χ1) is 8.85. The second-order valence-electron chi connectivity index (χ2n) is 6.13. The number of nitrogens with one attached hydrogen (secondary N) is 1. The molecular weight excluding hydrogens is 240 g/mol. The van der Waals surface area contributed by atoms with Crippen molar-refractivity contribution in [3.8, 4) is 0 Å². The quantitative estimate of drug-likeness (QED) is 0.646. The number of hydrogen-bond acceptors (Lipinski definition) is 4. The Labute approximate surface area is 114 Å². The minimum absolute atomic E-state index is 0.318. The summed E-state index contributed by atoms with van der Waals surface area (Å²) in [4.78, 5) is 12.0. The maximum Gasteiger partial charge on any atom is 0.338 e. The van der Waals surface area contributed by atoms with E-state index >= 15 is 0 Å². The van der Waals surface area contributed by atoms with Gasteiger partial charge in [-0.15, -0.1) is 0 Å². The lowest BCUT2D eigenvalue weighted by Gasteiger charge is -2.20. The van der Waals surface area contributed by atoms with Gasteiger partial charge in [0.05, 0.1) is 16.9 Å². The molecule has 1 fully saturated rings. The van der Waals surface area contributed by atoms with Crippen molar-refractivity contribution in [2.45, 2.75) is 39.2 Å². The molecule has 1 aromatic rings. The fourth-order valence-corrected chi connectivity index (χ4v) is 1.75. The number of anilines is 2. The predicted molar refractivity (Wildman–Crippen MR) is 77.2 cm³/mol. The van der Waals surface area contributed by atoms with Gasteiger partial charge in [0.25, 0.3) is 0 Å². The van der Waals surface area contributed by atoms with Crippen molar-refractivity contribution in [2.75, 3.05) is 17.6 Å². The molecule has 0 spiro atoms. The Morgan fingerprint density at radius 1 is 1.42 bits per heavy atom. The Morgan fingerprint density at radius 3 is 2.68 bits per heavy atom. The summed E-state index contributed by atoms with van der Waals surface area (Å²) in [6.45, 7) is 6.49. The van der Waals surface area contributed by atoms with Gasteiger partial charge >= 0.3 is 5.97 Å². The molecule has 0 radical (unpaired) electrons. The highest BCUT2D eigenvalue weighted by Gasteiger charge is 2.22. The van der Waals surface area contributed by atoms with Crippen molar-refractivity contribution in [1.29, 1.82) is 0 Å². The van der Waals surface area contributed by atoms with Crippen LogP contribution < -0.4 is 11.1 Å². The Balaban J connectivity index is 2.07. The van der Waals surface area contributed by atoms with Crippen LogP contribution in [0.5, 0.6) is 0 Å². The Hall–Kier alpha value is -1.71. The van der Waals surface area contributed by atoms with Gasteiger partial charge in [-0.25, -0.2) is 4.79 Å². The number of esters is 1. The van der Waals surface area contributed by atoms with Crippen LogP contribution in [0.2, 0.25) is 0 Å². The lowest BCUT2D eigenvalue weighted by Crippen LogP contribution is -2.24. The standard InChI is InChI=1S/C15H22N2O2/c1-15(2,3)19-14(18)11-6-7-12(16)13(8-11)17-9-10-4-5-10/h6-8,10,17H,4-5,9,16H2,1-3H3. The summed E-state index contributed by atoms with van der Waals surface area (Å²) in [7, 11) is 0. The molecule has 0 heterocycles. The SMILES string of the molecule is CC(C)(C)OC(=O)c1ccc(N)c(NCC2CC2)c1. The minimum atomic E-state index is -0.486. The molecule has 0 bridgehead atoms. The van der Waals surface area contributed by atoms with Crippen molar-refractivity contribution < 1.29 is 9.53 Å². The number of carbonyl (C=O) groups is 1. The number of hydrogen-bond donors (Lipinski definition) is 2. The van der Waals surface area contributed by atoms with E-state index in [1.54, 1.807) is 18.2 Å². The first-order valence-electron chi connectivity index (χ1n) is 6.72. The molecule has 3 N–H and O–H groups in total. The number of ether oxygens (including phenoxy) is 1. The molecule has 4 nitrogen and oxygen atoms in total. The van der Waals surface area contributed by atoms with Crippen LogP contribution in [0.1, 0.15) is 44.0 Å². The molecule has 4 heteroatoms. The number of carbonyl (C=O) groups excluding carboxylic acids is 1. The van der Waals surface area contributed by atoms with E-state index in [4.69, 9.17) is 10.5 Å². The van der Waals surface area contributed by atoms with Gasteiger partial charge in [-0.05, 0) is 57.7 Å². The molecule has 104 valence electrons. The van der Waals surface area contributed by atoms with E-state index in [0.717, 1.165) is 18.2 Å². The molecule has 0 saturated heterocycles. The number of nitrogen functional groups attached to an aromatic ring is 1. The fraction of sp³-hybridized carbons (Fsp3) is 0.533. The number of nitrogens with two attached hydrogens (primary N) is 1. The Kier molecular flexibility index (Phi) is 3.69. The second kappa shape index (κ2) is 5.11. The van der Waals surface area contributed by atoms with Crippen molar-refractivity contribution in [2.24, 2.45) is 5.92 Å². The third kappa shape index (κ3) is 4.16. The van der Waals surface area contributed by atoms with Crippen molar-refractivity contribution in [1.82, 2.24) is 0 Å². The molecule has 0 amide bonds. The largest absolute Gasteiger partial charge is 0.456 e. The van der Waals surface area contributed by atoms with Gasteiger partial charge in [0.1, 0.15) is 5.60 Å². The maximum absolute atomic E-state index is 12.0. The highest BCUT2D eigenvalue weighted by molar-refractivity contribution is 5.92. The highest BCUT2D eigenvalue weighted by atomic mass is 16.6. The summed E-state index contributed by atoms with van der Waals surface area (Å²) < 4.78 is 5.35. The van der Waals surface area contributed by atoms with E-state index < -0.39 is 5.60 Å². The van der Waals surface area contributed by atoms with E-state index in [2.05, 4.69) is 5.32 Å². The molecule has 1 aromatic carbocycles. The average Bonchev–Trinajstić information content (AvgIpc) is 3.09. The third-order valence-corrected chi connectivity index (χ3v) is 2.97. The lowest BCUT2D eigenvalue weighted by atomic mass is 10.1. The van der Waals surface area contributed by atoms with Crippen LogP contribution in [0.15, 0.2) is 18.2 Å². The number of rotatable bonds is 4. The normalized spacial score (nSPS) is 15.1. The van der Waals surface area contributed by atoms with E-state index in [0.29, 0.717) is 11.3 Å². The zero-order valence-electron chi connectivity index (χ0n) is 11.8. The van der Waals surface area contributed by atoms with Crippen LogP contribution in [0.3, 0.4) is 0 Å². The minimum Gasteiger partial charge on any atom is -0.456 e. The van der Waals surface area contributed by atoms with Crippen molar-refractivity contribution in [3.63, 3.8) is 0 Å². The van der Waals surface area contributed by atoms with E-state index in [9.17, 15) is 4.79 Å². The topological polar surface area (TPSA) is 64.3 Å². The first kappa shape index (κ1) is 13.7. The van der Waals surface area contributed by atoms with Crippen LogP contribution in [0.4, 0.5) is 11.4 Å². The Morgan fingerprint density at radius 2 is 2.11 bits per heavy atom. The summed E-state index contributed by atoms with van der Waals surface area (Å²) in [5.74, 6) is 0.437. The second-order valence-corrected chi connectivity index (χ2v) is 6.13. The van der Waals surface area contributed by atoms with Crippen molar-refractivity contribution >= 4 is 17.3 Å². The van der Waals surface area contributed by atoms with Gasteiger partial charge in [-0.2, -0.15) is 0 Å². The van der Waals surface area contributed by atoms with E-state index in [-0.39, 0.29) is 5.97 Å². The van der Waals surface area contributed by atoms with Gasteiger partial charge < -0.3 is 15.8 Å². The first-order valence-corrected chi connectivity index (χ1v) is 6.72. The third-order valence-electron chi connectivity index (χ3n) is 2.97. The van der Waals surface area contributed by atoms with E-state index in [1.165, 1.54) is 12.8 Å². The highest BCUT2D eigenvalue weighted by Crippen LogP contribution is 2.30. The van der Waals surface area contributed by atoms with Crippen LogP contribution in [-0.4, -0.2) is 18.1 Å². The lowest BCUT2D eigenvalue weighted by molar-refractivity contribution is 0.00696. The van der Waals surface area contributed by atoms with Gasteiger partial charge in [0, 0.05) is 6.54 Å². The molecule has 19 heavy (non-hydrogen) atoms. The van der Waals surface area contributed by atoms with Crippen LogP contribution >= 0.6 is 0 Å². The summed E-state index contributed by atoms with van der Waals surface area (Å²) in [5, 5.41) is 3.30. The average molecular weight is 262 g/mol. The number of benzene rings is 1. The van der Waals surface area contributed by atoms with E-state index in [1.807, 2.05) is 20.8 Å². The van der Waals surface area contributed by atoms with Crippen LogP contribution in [0, 0.1) is 5.92 Å². The van der Waals surface area contributed by atoms with Crippen LogP contribution in [-0.2, 0) is 4.74 Å². The fourth-order valence-electron chi connectivity index (χ4n) is 1.75. The zero-order valence-corrected chi connectivity index (χ0v) is 11.8. The molecule has 0 aliphatic heterocycles. The van der Waals surface area contributed by atoms with Gasteiger partial charge in [0.2, 0.25) is 0 Å². The van der Waals surface area contributed by atoms with Crippen LogP contribution in [0.25, 0.3) is 0 Å². The maximum atomic E-state index is 12.0. The summed E-state index contributed by atoms with van der Waals surface area (Å²) in [6.07, 6.45) is 2.55. The zero-order chi connectivity index (χ0) is 14.0. The predicted octanol–water partition coefficient (Wildman–Crippen LogP) is 3.05. The van der Waals surface area contributed by atoms with Crippen molar-refractivity contribution in [3.05, 3.63) is 23.8 Å². The molecule has 1 aliphatic rings. The Bertz CT molecular complexity index is 474. The molecule has 2 rings (SSSR count). The van der Waals surface area contributed by atoms with Gasteiger partial charge in [-0.1, -0.05) is 0 Å². The summed E-state index contributed by atoms with van der Waals surface area (Å²) in [5.41, 5.74) is 7.43. The van der Waals surface area contributed by atoms with Gasteiger partial charge in [-0.3, -0.25) is 0 Å². The molecule has 1 saturated carbocycles. The molecule has 0 atom stereocenters. The smallest absolute Gasteiger partial charge is 0.338 e. The van der Waals surface area contributed by atoms with Gasteiger partial charge in [0.15, 0.2) is 0 Å². The summed E-state index contributed by atoms with van der Waals surface area (Å²) >= 11 is 0. The monoisotopic (exact) mass is 262 g/mol. The molecule has 0 aromatic heterocycles. The molecule has 0 unspecified atom stereocenters.